The smallest absolute Gasteiger partial charge is 0.110 e. The van der Waals surface area contributed by atoms with Crippen molar-refractivity contribution in [2.24, 2.45) is 13.0 Å². The van der Waals surface area contributed by atoms with E-state index < -0.39 is 0 Å². The molecule has 1 fully saturated rings. The predicted octanol–water partition coefficient (Wildman–Crippen LogP) is 2.29. The highest BCUT2D eigenvalue weighted by molar-refractivity contribution is 4.93. The van der Waals surface area contributed by atoms with Gasteiger partial charge < -0.3 is 9.67 Å². The zero-order chi connectivity index (χ0) is 11.4. The minimum atomic E-state index is -0.221. The first-order chi connectivity index (χ1) is 7.75. The third-order valence-corrected chi connectivity index (χ3v) is 3.72. The molecule has 3 heteroatoms. The molecule has 1 saturated carbocycles. The lowest BCUT2D eigenvalue weighted by molar-refractivity contribution is 0.151. The molecule has 3 nitrogen and oxygen atoms in total. The van der Waals surface area contributed by atoms with Gasteiger partial charge in [0.1, 0.15) is 5.82 Å². The maximum absolute atomic E-state index is 9.95. The average Bonchev–Trinajstić information content (AvgIpc) is 2.88. The largest absolute Gasteiger partial charge is 0.393 e. The van der Waals surface area contributed by atoms with Gasteiger partial charge in [-0.3, -0.25) is 0 Å². The summed E-state index contributed by atoms with van der Waals surface area (Å²) in [7, 11) is 1.98. The van der Waals surface area contributed by atoms with E-state index in [1.54, 1.807) is 6.20 Å². The molecule has 1 unspecified atom stereocenters. The van der Waals surface area contributed by atoms with Crippen molar-refractivity contribution >= 4 is 0 Å². The second-order valence-electron chi connectivity index (χ2n) is 5.04. The van der Waals surface area contributed by atoms with E-state index in [1.807, 2.05) is 17.8 Å². The van der Waals surface area contributed by atoms with Gasteiger partial charge in [-0.2, -0.15) is 0 Å². The molecule has 1 aliphatic carbocycles. The molecule has 1 aromatic rings. The van der Waals surface area contributed by atoms with Gasteiger partial charge in [0.05, 0.1) is 6.10 Å². The summed E-state index contributed by atoms with van der Waals surface area (Å²) in [5.41, 5.74) is 0. The summed E-state index contributed by atoms with van der Waals surface area (Å²) in [5.74, 6) is 1.86. The Morgan fingerprint density at radius 1 is 1.50 bits per heavy atom. The van der Waals surface area contributed by atoms with E-state index in [1.165, 1.54) is 32.1 Å². The van der Waals surface area contributed by atoms with Crippen molar-refractivity contribution in [1.29, 1.82) is 0 Å². The van der Waals surface area contributed by atoms with Crippen molar-refractivity contribution in [3.05, 3.63) is 18.2 Å². The zero-order valence-electron chi connectivity index (χ0n) is 10.1. The van der Waals surface area contributed by atoms with E-state index in [2.05, 4.69) is 4.98 Å². The SMILES string of the molecule is Cn1ccnc1CC(O)CCC1CCCC1. The van der Waals surface area contributed by atoms with Crippen LogP contribution in [0.4, 0.5) is 0 Å². The monoisotopic (exact) mass is 222 g/mol. The molecule has 1 aliphatic rings. The van der Waals surface area contributed by atoms with Crippen molar-refractivity contribution in [2.45, 2.75) is 51.0 Å². The Labute approximate surface area is 97.5 Å². The molecule has 0 aliphatic heterocycles. The molecule has 0 aromatic carbocycles. The van der Waals surface area contributed by atoms with Crippen LogP contribution in [0.25, 0.3) is 0 Å². The second-order valence-corrected chi connectivity index (χ2v) is 5.04. The third-order valence-electron chi connectivity index (χ3n) is 3.72. The number of aliphatic hydroxyl groups is 1. The normalized spacial score (nSPS) is 19.1. The van der Waals surface area contributed by atoms with Crippen LogP contribution in [0.2, 0.25) is 0 Å². The van der Waals surface area contributed by atoms with Crippen molar-refractivity contribution in [3.8, 4) is 0 Å². The van der Waals surface area contributed by atoms with Gasteiger partial charge in [-0.15, -0.1) is 0 Å². The lowest BCUT2D eigenvalue weighted by atomic mass is 9.98. The Hall–Kier alpha value is -0.830. The van der Waals surface area contributed by atoms with Crippen LogP contribution in [-0.2, 0) is 13.5 Å². The molecule has 1 N–H and O–H groups in total. The number of hydrogen-bond donors (Lipinski definition) is 1. The Morgan fingerprint density at radius 2 is 2.25 bits per heavy atom. The first-order valence-electron chi connectivity index (χ1n) is 6.40. The molecular weight excluding hydrogens is 200 g/mol. The van der Waals surface area contributed by atoms with Gasteiger partial charge in [0.15, 0.2) is 0 Å². The van der Waals surface area contributed by atoms with E-state index in [0.29, 0.717) is 6.42 Å². The van der Waals surface area contributed by atoms with Crippen LogP contribution in [-0.4, -0.2) is 20.8 Å². The minimum absolute atomic E-state index is 0.221. The topological polar surface area (TPSA) is 38.0 Å². The molecule has 16 heavy (non-hydrogen) atoms. The minimum Gasteiger partial charge on any atom is -0.393 e. The van der Waals surface area contributed by atoms with Crippen molar-refractivity contribution in [2.75, 3.05) is 0 Å². The highest BCUT2D eigenvalue weighted by Gasteiger charge is 2.17. The van der Waals surface area contributed by atoms with Crippen molar-refractivity contribution < 1.29 is 5.11 Å². The summed E-state index contributed by atoms with van der Waals surface area (Å²) < 4.78 is 1.98. The van der Waals surface area contributed by atoms with Gasteiger partial charge in [0.2, 0.25) is 0 Å². The molecule has 1 heterocycles. The number of imidazole rings is 1. The summed E-state index contributed by atoms with van der Waals surface area (Å²) >= 11 is 0. The van der Waals surface area contributed by atoms with Crippen LogP contribution in [0.3, 0.4) is 0 Å². The third kappa shape index (κ3) is 3.08. The molecule has 1 aromatic heterocycles. The Bertz CT molecular complexity index is 315. The number of hydrogen-bond acceptors (Lipinski definition) is 2. The zero-order valence-corrected chi connectivity index (χ0v) is 10.1. The van der Waals surface area contributed by atoms with Crippen LogP contribution in [0.1, 0.15) is 44.3 Å². The second kappa shape index (κ2) is 5.48. The Morgan fingerprint density at radius 3 is 2.88 bits per heavy atom. The van der Waals surface area contributed by atoms with Gasteiger partial charge in [0.25, 0.3) is 0 Å². The molecule has 0 bridgehead atoms. The maximum atomic E-state index is 9.95. The van der Waals surface area contributed by atoms with E-state index >= 15 is 0 Å². The highest BCUT2D eigenvalue weighted by atomic mass is 16.3. The van der Waals surface area contributed by atoms with Crippen LogP contribution in [0, 0.1) is 5.92 Å². The van der Waals surface area contributed by atoms with Gasteiger partial charge in [-0.25, -0.2) is 4.98 Å². The fourth-order valence-corrected chi connectivity index (χ4v) is 2.63. The molecular formula is C13H22N2O. The first kappa shape index (κ1) is 11.6. The molecule has 0 spiro atoms. The van der Waals surface area contributed by atoms with E-state index in [0.717, 1.165) is 18.2 Å². The van der Waals surface area contributed by atoms with E-state index in [-0.39, 0.29) is 6.10 Å². The number of aromatic nitrogens is 2. The van der Waals surface area contributed by atoms with Crippen LogP contribution < -0.4 is 0 Å². The highest BCUT2D eigenvalue weighted by Crippen LogP contribution is 2.29. The summed E-state index contributed by atoms with van der Waals surface area (Å²) in [6.45, 7) is 0. The lowest BCUT2D eigenvalue weighted by Crippen LogP contribution is -2.14. The first-order valence-corrected chi connectivity index (χ1v) is 6.40. The standard InChI is InChI=1S/C13H22N2O/c1-15-9-8-14-13(15)10-12(16)7-6-11-4-2-3-5-11/h8-9,11-12,16H,2-7,10H2,1H3. The number of aliphatic hydroxyl groups excluding tert-OH is 1. The van der Waals surface area contributed by atoms with Gasteiger partial charge in [0, 0.05) is 25.9 Å². The lowest BCUT2D eigenvalue weighted by Gasteiger charge is -2.13. The summed E-state index contributed by atoms with van der Waals surface area (Å²) in [5, 5.41) is 9.95. The Kier molecular flexibility index (Phi) is 3.99. The van der Waals surface area contributed by atoms with Gasteiger partial charge in [-0.05, 0) is 18.8 Å². The maximum Gasteiger partial charge on any atom is 0.110 e. The molecule has 0 saturated heterocycles. The summed E-state index contributed by atoms with van der Waals surface area (Å²) in [6.07, 6.45) is 11.8. The van der Waals surface area contributed by atoms with Crippen LogP contribution in [0.15, 0.2) is 12.4 Å². The molecule has 1 atom stereocenters. The Balaban J connectivity index is 1.71. The van der Waals surface area contributed by atoms with Crippen molar-refractivity contribution in [3.63, 3.8) is 0 Å². The van der Waals surface area contributed by atoms with Gasteiger partial charge >= 0.3 is 0 Å². The summed E-state index contributed by atoms with van der Waals surface area (Å²) in [6, 6.07) is 0. The number of aryl methyl sites for hydroxylation is 1. The van der Waals surface area contributed by atoms with Crippen molar-refractivity contribution in [1.82, 2.24) is 9.55 Å². The number of rotatable bonds is 5. The summed E-state index contributed by atoms with van der Waals surface area (Å²) in [4.78, 5) is 4.24. The van der Waals surface area contributed by atoms with E-state index in [4.69, 9.17) is 0 Å². The van der Waals surface area contributed by atoms with E-state index in [9.17, 15) is 5.11 Å². The fraction of sp³-hybridized carbons (Fsp3) is 0.769. The van der Waals surface area contributed by atoms with Crippen LogP contribution >= 0.6 is 0 Å². The number of nitrogens with zero attached hydrogens (tertiary/aromatic N) is 2. The molecule has 90 valence electrons. The molecule has 2 rings (SSSR count). The van der Waals surface area contributed by atoms with Gasteiger partial charge in [-0.1, -0.05) is 25.7 Å². The fourth-order valence-electron chi connectivity index (χ4n) is 2.63. The predicted molar refractivity (Wildman–Crippen MR) is 64.1 cm³/mol. The molecule has 0 radical (unpaired) electrons. The van der Waals surface area contributed by atoms with Crippen LogP contribution in [0.5, 0.6) is 0 Å². The average molecular weight is 222 g/mol. The molecule has 0 amide bonds. The quantitative estimate of drug-likeness (QED) is 0.830.